The zero-order valence-electron chi connectivity index (χ0n) is 9.38. The molecule has 0 atom stereocenters. The zero-order valence-corrected chi connectivity index (χ0v) is 10.2. The van der Waals surface area contributed by atoms with Crippen LogP contribution in [0.3, 0.4) is 0 Å². The van der Waals surface area contributed by atoms with Gasteiger partial charge in [-0.25, -0.2) is 0 Å². The summed E-state index contributed by atoms with van der Waals surface area (Å²) < 4.78 is 45.3. The molecule has 0 bridgehead atoms. The minimum absolute atomic E-state index is 0. The van der Waals surface area contributed by atoms with Crippen LogP contribution >= 0.6 is 12.4 Å². The minimum atomic E-state index is -4.41. The van der Waals surface area contributed by atoms with E-state index in [0.29, 0.717) is 5.56 Å². The van der Waals surface area contributed by atoms with Gasteiger partial charge >= 0.3 is 6.18 Å². The van der Waals surface area contributed by atoms with Crippen LogP contribution in [0.25, 0.3) is 0 Å². The molecule has 0 radical (unpaired) electrons. The summed E-state index contributed by atoms with van der Waals surface area (Å²) in [7, 11) is 1.29. The lowest BCUT2D eigenvalue weighted by molar-refractivity contribution is -0.153. The lowest BCUT2D eigenvalue weighted by Gasteiger charge is -2.13. The lowest BCUT2D eigenvalue weighted by Crippen LogP contribution is -2.19. The summed E-state index contributed by atoms with van der Waals surface area (Å²) in [5, 5.41) is 7.18. The summed E-state index contributed by atoms with van der Waals surface area (Å²) in [6.45, 7) is -1.40. The highest BCUT2D eigenvalue weighted by molar-refractivity contribution is 5.95. The Morgan fingerprint density at radius 1 is 1.33 bits per heavy atom. The van der Waals surface area contributed by atoms with Gasteiger partial charge in [0.2, 0.25) is 0 Å². The molecule has 0 heterocycles. The lowest BCUT2D eigenvalue weighted by atomic mass is 10.2. The number of ether oxygens (including phenoxy) is 2. The molecular weight excluding hydrogens is 273 g/mol. The first-order valence-corrected chi connectivity index (χ1v) is 4.55. The van der Waals surface area contributed by atoms with Crippen molar-refractivity contribution < 1.29 is 22.6 Å². The van der Waals surface area contributed by atoms with E-state index in [1.54, 1.807) is 0 Å². The second-order valence-corrected chi connectivity index (χ2v) is 3.18. The zero-order chi connectivity index (χ0) is 13.1. The van der Waals surface area contributed by atoms with Crippen LogP contribution in [0.2, 0.25) is 0 Å². The number of alkyl halides is 3. The van der Waals surface area contributed by atoms with E-state index in [0.717, 1.165) is 0 Å². The Morgan fingerprint density at radius 2 is 1.94 bits per heavy atom. The van der Waals surface area contributed by atoms with Crippen molar-refractivity contribution in [2.75, 3.05) is 13.7 Å². The fraction of sp³-hybridized carbons (Fsp3) is 0.300. The molecule has 0 amide bonds. The number of amidine groups is 1. The highest BCUT2D eigenvalue weighted by Crippen LogP contribution is 2.29. The molecule has 4 nitrogen and oxygen atoms in total. The largest absolute Gasteiger partial charge is 0.493 e. The fourth-order valence-electron chi connectivity index (χ4n) is 1.11. The Labute approximate surface area is 108 Å². The van der Waals surface area contributed by atoms with Crippen molar-refractivity contribution in [2.24, 2.45) is 5.73 Å². The third-order valence-corrected chi connectivity index (χ3v) is 1.87. The first-order valence-electron chi connectivity index (χ1n) is 4.55. The van der Waals surface area contributed by atoms with E-state index in [-0.39, 0.29) is 29.7 Å². The van der Waals surface area contributed by atoms with Gasteiger partial charge in [-0.05, 0) is 18.2 Å². The number of hydrogen-bond acceptors (Lipinski definition) is 3. The normalized spacial score (nSPS) is 10.4. The first-order chi connectivity index (χ1) is 7.83. The van der Waals surface area contributed by atoms with Crippen molar-refractivity contribution in [3.63, 3.8) is 0 Å². The summed E-state index contributed by atoms with van der Waals surface area (Å²) in [5.74, 6) is -0.151. The predicted molar refractivity (Wildman–Crippen MR) is 62.8 cm³/mol. The van der Waals surface area contributed by atoms with Crippen LogP contribution in [0.4, 0.5) is 13.2 Å². The van der Waals surface area contributed by atoms with Crippen molar-refractivity contribution in [1.29, 1.82) is 5.41 Å². The van der Waals surface area contributed by atoms with Gasteiger partial charge in [-0.3, -0.25) is 5.41 Å². The van der Waals surface area contributed by atoms with Gasteiger partial charge < -0.3 is 15.2 Å². The van der Waals surface area contributed by atoms with Crippen LogP contribution in [0.15, 0.2) is 18.2 Å². The average Bonchev–Trinajstić information content (AvgIpc) is 2.24. The molecule has 0 aliphatic heterocycles. The molecule has 18 heavy (non-hydrogen) atoms. The predicted octanol–water partition coefficient (Wildman–Crippen LogP) is 2.34. The summed E-state index contributed by atoms with van der Waals surface area (Å²) in [5.41, 5.74) is 5.59. The van der Waals surface area contributed by atoms with Crippen LogP contribution in [0.1, 0.15) is 5.56 Å². The topological polar surface area (TPSA) is 68.3 Å². The molecule has 0 saturated heterocycles. The van der Waals surface area contributed by atoms with Crippen LogP contribution < -0.4 is 15.2 Å². The quantitative estimate of drug-likeness (QED) is 0.659. The number of halogens is 4. The molecule has 0 aliphatic carbocycles. The Hall–Kier alpha value is -1.63. The van der Waals surface area contributed by atoms with Gasteiger partial charge in [0.05, 0.1) is 7.11 Å². The highest BCUT2D eigenvalue weighted by Gasteiger charge is 2.29. The van der Waals surface area contributed by atoms with Gasteiger partial charge in [0.1, 0.15) is 5.84 Å². The summed E-state index contributed by atoms with van der Waals surface area (Å²) in [4.78, 5) is 0. The highest BCUT2D eigenvalue weighted by atomic mass is 35.5. The average molecular weight is 285 g/mol. The summed E-state index contributed by atoms with van der Waals surface area (Å²) in [6, 6.07) is 4.01. The van der Waals surface area contributed by atoms with Gasteiger partial charge in [0.15, 0.2) is 18.1 Å². The first kappa shape index (κ1) is 16.4. The van der Waals surface area contributed by atoms with Crippen molar-refractivity contribution in [2.45, 2.75) is 6.18 Å². The van der Waals surface area contributed by atoms with Crippen molar-refractivity contribution in [3.05, 3.63) is 23.8 Å². The molecule has 0 aromatic heterocycles. The maximum absolute atomic E-state index is 12.0. The van der Waals surface area contributed by atoms with Gasteiger partial charge in [0, 0.05) is 5.56 Å². The van der Waals surface area contributed by atoms with E-state index in [2.05, 4.69) is 4.74 Å². The molecule has 0 unspecified atom stereocenters. The maximum Gasteiger partial charge on any atom is 0.422 e. The molecule has 0 spiro atoms. The SMILES string of the molecule is COc1cc(C(=N)N)ccc1OCC(F)(F)F.Cl. The van der Waals surface area contributed by atoms with Crippen LogP contribution in [0.5, 0.6) is 11.5 Å². The monoisotopic (exact) mass is 284 g/mol. The molecule has 3 N–H and O–H groups in total. The second kappa shape index (κ2) is 6.34. The Bertz CT molecular complexity index is 424. The number of benzene rings is 1. The Morgan fingerprint density at radius 3 is 2.39 bits per heavy atom. The molecule has 1 aromatic carbocycles. The molecule has 0 aliphatic rings. The van der Waals surface area contributed by atoms with E-state index in [1.807, 2.05) is 0 Å². The van der Waals surface area contributed by atoms with E-state index in [1.165, 1.54) is 25.3 Å². The van der Waals surface area contributed by atoms with E-state index >= 15 is 0 Å². The van der Waals surface area contributed by atoms with Crippen molar-refractivity contribution >= 4 is 18.2 Å². The third kappa shape index (κ3) is 4.70. The Balaban J connectivity index is 0.00000289. The molecule has 0 fully saturated rings. The molecule has 8 heteroatoms. The molecule has 1 rings (SSSR count). The van der Waals surface area contributed by atoms with Gasteiger partial charge in [-0.15, -0.1) is 12.4 Å². The standard InChI is InChI=1S/C10H11F3N2O2.ClH/c1-16-8-4-6(9(14)15)2-3-7(8)17-5-10(11,12)13;/h2-4H,5H2,1H3,(H3,14,15);1H. The number of hydrogen-bond donors (Lipinski definition) is 2. The smallest absolute Gasteiger partial charge is 0.422 e. The third-order valence-electron chi connectivity index (χ3n) is 1.87. The van der Waals surface area contributed by atoms with Gasteiger partial charge in [0.25, 0.3) is 0 Å². The van der Waals surface area contributed by atoms with Crippen molar-refractivity contribution in [3.8, 4) is 11.5 Å². The molecule has 1 aromatic rings. The van der Waals surface area contributed by atoms with E-state index in [9.17, 15) is 13.2 Å². The maximum atomic E-state index is 12.0. The van der Waals surface area contributed by atoms with Gasteiger partial charge in [-0.1, -0.05) is 0 Å². The number of rotatable bonds is 4. The number of nitrogen functional groups attached to an aromatic ring is 1. The number of nitrogens with one attached hydrogen (secondary N) is 1. The van der Waals surface area contributed by atoms with E-state index < -0.39 is 12.8 Å². The molecule has 102 valence electrons. The number of methoxy groups -OCH3 is 1. The van der Waals surface area contributed by atoms with Crippen LogP contribution in [-0.4, -0.2) is 25.7 Å². The summed E-state index contributed by atoms with van der Waals surface area (Å²) >= 11 is 0. The Kier molecular flexibility index (Phi) is 5.77. The molecular formula is C10H12ClF3N2O2. The number of nitrogens with two attached hydrogens (primary N) is 1. The molecule has 0 saturated carbocycles. The second-order valence-electron chi connectivity index (χ2n) is 3.18. The van der Waals surface area contributed by atoms with Crippen LogP contribution in [-0.2, 0) is 0 Å². The fourth-order valence-corrected chi connectivity index (χ4v) is 1.11. The van der Waals surface area contributed by atoms with E-state index in [4.69, 9.17) is 15.9 Å². The minimum Gasteiger partial charge on any atom is -0.493 e. The van der Waals surface area contributed by atoms with Crippen LogP contribution in [0, 0.1) is 5.41 Å². The van der Waals surface area contributed by atoms with Gasteiger partial charge in [-0.2, -0.15) is 13.2 Å². The van der Waals surface area contributed by atoms with Crippen molar-refractivity contribution in [1.82, 2.24) is 0 Å². The summed E-state index contributed by atoms with van der Waals surface area (Å²) in [6.07, 6.45) is -4.41.